The molecule has 27 heavy (non-hydrogen) atoms. The van der Waals surface area contributed by atoms with Crippen LogP contribution in [0.25, 0.3) is 0 Å². The summed E-state index contributed by atoms with van der Waals surface area (Å²) in [5.41, 5.74) is 1.73. The lowest BCUT2D eigenvalue weighted by Gasteiger charge is -2.36. The Balaban J connectivity index is 1.43. The van der Waals surface area contributed by atoms with E-state index in [2.05, 4.69) is 11.0 Å². The molecule has 0 aliphatic carbocycles. The average Bonchev–Trinajstić information content (AvgIpc) is 2.74. The molecule has 2 aromatic carbocycles. The summed E-state index contributed by atoms with van der Waals surface area (Å²) in [6.07, 6.45) is 0. The molecule has 0 N–H and O–H groups in total. The van der Waals surface area contributed by atoms with Crippen LogP contribution in [-0.4, -0.2) is 56.8 Å². The molecular weight excluding hydrogens is 344 g/mol. The molecule has 2 aliphatic heterocycles. The van der Waals surface area contributed by atoms with Gasteiger partial charge in [-0.1, -0.05) is 12.1 Å². The maximum absolute atomic E-state index is 12.9. The number of amides is 1. The van der Waals surface area contributed by atoms with Gasteiger partial charge in [0.15, 0.2) is 11.5 Å². The van der Waals surface area contributed by atoms with E-state index in [4.69, 9.17) is 14.2 Å². The number of carbonyl (C=O) groups is 1. The highest BCUT2D eigenvalue weighted by molar-refractivity contribution is 5.95. The first-order valence-corrected chi connectivity index (χ1v) is 9.42. The molecule has 6 nitrogen and oxygen atoms in total. The topological polar surface area (TPSA) is 51.2 Å². The molecule has 2 heterocycles. The van der Waals surface area contributed by atoms with Gasteiger partial charge in [-0.25, -0.2) is 0 Å². The van der Waals surface area contributed by atoms with E-state index < -0.39 is 0 Å². The van der Waals surface area contributed by atoms with Gasteiger partial charge in [-0.05, 0) is 37.3 Å². The molecule has 0 radical (unpaired) electrons. The Morgan fingerprint density at radius 2 is 1.74 bits per heavy atom. The number of para-hydroxylation sites is 2. The summed E-state index contributed by atoms with van der Waals surface area (Å²) >= 11 is 0. The van der Waals surface area contributed by atoms with Crippen LogP contribution in [0, 0.1) is 0 Å². The summed E-state index contributed by atoms with van der Waals surface area (Å²) in [6, 6.07) is 13.5. The van der Waals surface area contributed by atoms with Crippen LogP contribution in [-0.2, 0) is 0 Å². The van der Waals surface area contributed by atoms with Gasteiger partial charge in [-0.3, -0.25) is 4.79 Å². The van der Waals surface area contributed by atoms with Crippen molar-refractivity contribution in [3.05, 3.63) is 48.0 Å². The van der Waals surface area contributed by atoms with Crippen molar-refractivity contribution in [3.63, 3.8) is 0 Å². The number of benzene rings is 2. The number of hydrogen-bond donors (Lipinski definition) is 0. The molecule has 2 aromatic rings. The molecule has 6 heteroatoms. The molecule has 0 bridgehead atoms. The Bertz CT molecular complexity index is 816. The monoisotopic (exact) mass is 368 g/mol. The first kappa shape index (κ1) is 17.5. The van der Waals surface area contributed by atoms with Crippen LogP contribution in [0.4, 0.5) is 5.69 Å². The number of fused-ring (bicyclic) bond motifs is 1. The second-order valence-electron chi connectivity index (χ2n) is 6.54. The normalized spacial score (nSPS) is 16.2. The molecule has 4 rings (SSSR count). The molecule has 1 saturated heterocycles. The first-order chi connectivity index (χ1) is 13.3. The van der Waals surface area contributed by atoms with Crippen LogP contribution in [0.15, 0.2) is 42.5 Å². The molecule has 1 amide bonds. The summed E-state index contributed by atoms with van der Waals surface area (Å²) in [4.78, 5) is 17.1. The SMILES string of the molecule is CCOc1ccccc1N1CCN(C(=O)c2ccc3c(c2)OCCO3)CC1. The third kappa shape index (κ3) is 3.65. The zero-order valence-electron chi connectivity index (χ0n) is 15.5. The van der Waals surface area contributed by atoms with Gasteiger partial charge in [-0.2, -0.15) is 0 Å². The zero-order valence-corrected chi connectivity index (χ0v) is 15.5. The summed E-state index contributed by atoms with van der Waals surface area (Å²) in [6.45, 7) is 6.59. The summed E-state index contributed by atoms with van der Waals surface area (Å²) in [7, 11) is 0. The predicted octanol–water partition coefficient (Wildman–Crippen LogP) is 2.82. The highest BCUT2D eigenvalue weighted by atomic mass is 16.6. The standard InChI is InChI=1S/C21H24N2O4/c1-2-25-18-6-4-3-5-17(18)22-9-11-23(12-10-22)21(24)16-7-8-19-20(15-16)27-14-13-26-19/h3-8,15H,2,9-14H2,1H3. The molecule has 2 aliphatic rings. The lowest BCUT2D eigenvalue weighted by atomic mass is 10.1. The molecule has 0 aromatic heterocycles. The maximum Gasteiger partial charge on any atom is 0.254 e. The van der Waals surface area contributed by atoms with Crippen molar-refractivity contribution in [2.75, 3.05) is 50.9 Å². The van der Waals surface area contributed by atoms with Gasteiger partial charge in [0.05, 0.1) is 12.3 Å². The number of anilines is 1. The van der Waals surface area contributed by atoms with Crippen LogP contribution in [0.3, 0.4) is 0 Å². The number of rotatable bonds is 4. The average molecular weight is 368 g/mol. The van der Waals surface area contributed by atoms with Crippen molar-refractivity contribution in [2.24, 2.45) is 0 Å². The number of nitrogens with zero attached hydrogens (tertiary/aromatic N) is 2. The van der Waals surface area contributed by atoms with Gasteiger partial charge < -0.3 is 24.0 Å². The molecule has 142 valence electrons. The van der Waals surface area contributed by atoms with E-state index in [-0.39, 0.29) is 5.91 Å². The van der Waals surface area contributed by atoms with Crippen molar-refractivity contribution >= 4 is 11.6 Å². The quantitative estimate of drug-likeness (QED) is 0.831. The molecule has 0 atom stereocenters. The van der Waals surface area contributed by atoms with E-state index in [9.17, 15) is 4.79 Å². The minimum absolute atomic E-state index is 0.0321. The smallest absolute Gasteiger partial charge is 0.254 e. The highest BCUT2D eigenvalue weighted by Gasteiger charge is 2.25. The maximum atomic E-state index is 12.9. The number of hydrogen-bond acceptors (Lipinski definition) is 5. The Hall–Kier alpha value is -2.89. The summed E-state index contributed by atoms with van der Waals surface area (Å²) < 4.78 is 16.9. The van der Waals surface area contributed by atoms with Crippen LogP contribution >= 0.6 is 0 Å². The van der Waals surface area contributed by atoms with E-state index in [0.29, 0.717) is 50.0 Å². The molecule has 0 spiro atoms. The van der Waals surface area contributed by atoms with Crippen LogP contribution in [0.5, 0.6) is 17.2 Å². The van der Waals surface area contributed by atoms with E-state index in [1.165, 1.54) is 0 Å². The van der Waals surface area contributed by atoms with Crippen LogP contribution in [0.1, 0.15) is 17.3 Å². The van der Waals surface area contributed by atoms with E-state index >= 15 is 0 Å². The zero-order chi connectivity index (χ0) is 18.6. The number of ether oxygens (including phenoxy) is 3. The van der Waals surface area contributed by atoms with Crippen molar-refractivity contribution < 1.29 is 19.0 Å². The number of piperazine rings is 1. The minimum Gasteiger partial charge on any atom is -0.492 e. The van der Waals surface area contributed by atoms with Gasteiger partial charge in [0, 0.05) is 31.7 Å². The van der Waals surface area contributed by atoms with Crippen molar-refractivity contribution in [2.45, 2.75) is 6.92 Å². The van der Waals surface area contributed by atoms with Crippen molar-refractivity contribution in [3.8, 4) is 17.2 Å². The van der Waals surface area contributed by atoms with E-state index in [1.807, 2.05) is 42.2 Å². The fraction of sp³-hybridized carbons (Fsp3) is 0.381. The fourth-order valence-corrected chi connectivity index (χ4v) is 3.51. The second-order valence-corrected chi connectivity index (χ2v) is 6.54. The minimum atomic E-state index is 0.0321. The Morgan fingerprint density at radius 1 is 1.00 bits per heavy atom. The van der Waals surface area contributed by atoms with E-state index in [1.54, 1.807) is 6.07 Å². The summed E-state index contributed by atoms with van der Waals surface area (Å²) in [5, 5.41) is 0. The summed E-state index contributed by atoms with van der Waals surface area (Å²) in [5.74, 6) is 2.28. The van der Waals surface area contributed by atoms with E-state index in [0.717, 1.165) is 24.5 Å². The van der Waals surface area contributed by atoms with Gasteiger partial charge in [-0.15, -0.1) is 0 Å². The lowest BCUT2D eigenvalue weighted by Crippen LogP contribution is -2.48. The fourth-order valence-electron chi connectivity index (χ4n) is 3.51. The van der Waals surface area contributed by atoms with Crippen molar-refractivity contribution in [1.82, 2.24) is 4.90 Å². The Morgan fingerprint density at radius 3 is 2.52 bits per heavy atom. The predicted molar refractivity (Wildman–Crippen MR) is 103 cm³/mol. The van der Waals surface area contributed by atoms with Gasteiger partial charge in [0.25, 0.3) is 5.91 Å². The Labute approximate surface area is 159 Å². The van der Waals surface area contributed by atoms with Crippen LogP contribution < -0.4 is 19.1 Å². The third-order valence-corrected chi connectivity index (χ3v) is 4.86. The highest BCUT2D eigenvalue weighted by Crippen LogP contribution is 2.32. The molecule has 1 fully saturated rings. The van der Waals surface area contributed by atoms with Gasteiger partial charge in [0.2, 0.25) is 0 Å². The third-order valence-electron chi connectivity index (χ3n) is 4.86. The number of carbonyl (C=O) groups excluding carboxylic acids is 1. The Kier molecular flexibility index (Phi) is 5.05. The first-order valence-electron chi connectivity index (χ1n) is 9.42. The molecule has 0 unspecified atom stereocenters. The molecular formula is C21H24N2O4. The van der Waals surface area contributed by atoms with Gasteiger partial charge in [0.1, 0.15) is 19.0 Å². The second kappa shape index (κ2) is 7.78. The lowest BCUT2D eigenvalue weighted by molar-refractivity contribution is 0.0745. The van der Waals surface area contributed by atoms with Crippen LogP contribution in [0.2, 0.25) is 0 Å². The largest absolute Gasteiger partial charge is 0.492 e. The molecule has 0 saturated carbocycles. The van der Waals surface area contributed by atoms with Gasteiger partial charge >= 0.3 is 0 Å². The van der Waals surface area contributed by atoms with Crippen molar-refractivity contribution in [1.29, 1.82) is 0 Å².